The van der Waals surface area contributed by atoms with Crippen LogP contribution in [0.4, 0.5) is 16.2 Å². The predicted octanol–water partition coefficient (Wildman–Crippen LogP) is 2.52. The Balaban J connectivity index is 1.74. The van der Waals surface area contributed by atoms with Crippen LogP contribution in [-0.4, -0.2) is 42.5 Å². The van der Waals surface area contributed by atoms with Gasteiger partial charge in [0.15, 0.2) is 0 Å². The van der Waals surface area contributed by atoms with Crippen molar-refractivity contribution in [1.29, 1.82) is 0 Å². The minimum absolute atomic E-state index is 0.178. The molecule has 0 heterocycles. The molecule has 0 atom stereocenters. The van der Waals surface area contributed by atoms with Crippen molar-refractivity contribution < 1.29 is 23.9 Å². The predicted molar refractivity (Wildman–Crippen MR) is 117 cm³/mol. The molecule has 0 bridgehead atoms. The van der Waals surface area contributed by atoms with Crippen molar-refractivity contribution in [1.82, 2.24) is 10.6 Å². The molecule has 2 rings (SSSR count). The molecule has 2 aromatic rings. The van der Waals surface area contributed by atoms with Crippen LogP contribution >= 0.6 is 0 Å². The molecule has 4 N–H and O–H groups in total. The van der Waals surface area contributed by atoms with Crippen molar-refractivity contribution in [2.24, 2.45) is 0 Å². The fourth-order valence-electron chi connectivity index (χ4n) is 2.37. The molecule has 0 aliphatic heterocycles. The van der Waals surface area contributed by atoms with Crippen LogP contribution in [0.5, 0.6) is 0 Å². The van der Waals surface area contributed by atoms with Gasteiger partial charge in [0.05, 0.1) is 6.54 Å². The fourth-order valence-corrected chi connectivity index (χ4v) is 2.37. The maximum absolute atomic E-state index is 12.0. The molecule has 31 heavy (non-hydrogen) atoms. The number of hydrogen-bond donors (Lipinski definition) is 4. The molecule has 164 valence electrons. The molecule has 0 saturated heterocycles. The first-order valence-electron chi connectivity index (χ1n) is 9.62. The Morgan fingerprint density at radius 3 is 1.71 bits per heavy atom. The number of anilines is 2. The van der Waals surface area contributed by atoms with Crippen molar-refractivity contribution in [3.8, 4) is 0 Å². The van der Waals surface area contributed by atoms with Crippen LogP contribution in [0.25, 0.3) is 0 Å². The standard InChI is InChI=1S/C22H26N4O5/c1-22(2,3)31-21(30)24-14-19(28)26-17-11-9-16(10-12-17)25-18(27)13-23-20(29)15-7-5-4-6-8-15/h4-12H,13-14H2,1-3H3,(H,23,29)(H,24,30)(H,25,27)(H,26,28). The molecule has 4 amide bonds. The van der Waals surface area contributed by atoms with Crippen LogP contribution in [-0.2, 0) is 14.3 Å². The SMILES string of the molecule is CC(C)(C)OC(=O)NCC(=O)Nc1ccc(NC(=O)CNC(=O)c2ccccc2)cc1. The first-order chi connectivity index (χ1) is 14.6. The monoisotopic (exact) mass is 426 g/mol. The Hall–Kier alpha value is -3.88. The van der Waals surface area contributed by atoms with Crippen LogP contribution in [0.15, 0.2) is 54.6 Å². The summed E-state index contributed by atoms with van der Waals surface area (Å²) in [5.74, 6) is -1.15. The van der Waals surface area contributed by atoms with Gasteiger partial charge in [0, 0.05) is 16.9 Å². The zero-order chi connectivity index (χ0) is 22.9. The lowest BCUT2D eigenvalue weighted by Crippen LogP contribution is -2.37. The summed E-state index contributed by atoms with van der Waals surface area (Å²) >= 11 is 0. The third kappa shape index (κ3) is 8.99. The Morgan fingerprint density at radius 2 is 1.23 bits per heavy atom. The van der Waals surface area contributed by atoms with E-state index in [1.807, 2.05) is 0 Å². The van der Waals surface area contributed by atoms with E-state index in [-0.39, 0.29) is 24.9 Å². The third-order valence-corrected chi connectivity index (χ3v) is 3.69. The zero-order valence-electron chi connectivity index (χ0n) is 17.7. The summed E-state index contributed by atoms with van der Waals surface area (Å²) in [6.45, 7) is 4.76. The number of amides is 4. The highest BCUT2D eigenvalue weighted by atomic mass is 16.6. The highest BCUT2D eigenvalue weighted by Gasteiger charge is 2.16. The maximum Gasteiger partial charge on any atom is 0.408 e. The van der Waals surface area contributed by atoms with Gasteiger partial charge in [-0.25, -0.2) is 4.79 Å². The third-order valence-electron chi connectivity index (χ3n) is 3.69. The second kappa shape index (κ2) is 10.8. The van der Waals surface area contributed by atoms with Crippen LogP contribution in [0.2, 0.25) is 0 Å². The number of ether oxygens (including phenoxy) is 1. The van der Waals surface area contributed by atoms with Crippen molar-refractivity contribution in [3.05, 3.63) is 60.2 Å². The van der Waals surface area contributed by atoms with E-state index >= 15 is 0 Å². The van der Waals surface area contributed by atoms with Gasteiger partial charge in [0.25, 0.3) is 5.91 Å². The van der Waals surface area contributed by atoms with Crippen molar-refractivity contribution in [3.63, 3.8) is 0 Å². The number of carbonyl (C=O) groups excluding carboxylic acids is 4. The highest BCUT2D eigenvalue weighted by Crippen LogP contribution is 2.13. The van der Waals surface area contributed by atoms with Crippen LogP contribution < -0.4 is 21.3 Å². The number of alkyl carbamates (subject to hydrolysis) is 1. The summed E-state index contributed by atoms with van der Waals surface area (Å²) in [5.41, 5.74) is 0.817. The Morgan fingerprint density at radius 1 is 0.742 bits per heavy atom. The van der Waals surface area contributed by atoms with Gasteiger partial charge in [-0.1, -0.05) is 18.2 Å². The average molecular weight is 426 g/mol. The van der Waals surface area contributed by atoms with E-state index in [1.165, 1.54) is 0 Å². The van der Waals surface area contributed by atoms with Gasteiger partial charge in [-0.15, -0.1) is 0 Å². The Bertz CT molecular complexity index is 921. The summed E-state index contributed by atoms with van der Waals surface area (Å²) in [4.78, 5) is 47.4. The Labute approximate surface area is 180 Å². The van der Waals surface area contributed by atoms with E-state index < -0.39 is 17.6 Å². The van der Waals surface area contributed by atoms with E-state index in [9.17, 15) is 19.2 Å². The second-order valence-electron chi connectivity index (χ2n) is 7.58. The van der Waals surface area contributed by atoms with E-state index in [4.69, 9.17) is 4.74 Å². The lowest BCUT2D eigenvalue weighted by Gasteiger charge is -2.19. The molecule has 9 nitrogen and oxygen atoms in total. The van der Waals surface area contributed by atoms with E-state index in [0.717, 1.165) is 0 Å². The maximum atomic E-state index is 12.0. The van der Waals surface area contributed by atoms with Gasteiger partial charge in [-0.3, -0.25) is 14.4 Å². The minimum atomic E-state index is -0.680. The van der Waals surface area contributed by atoms with E-state index in [1.54, 1.807) is 75.4 Å². The fraction of sp³-hybridized carbons (Fsp3) is 0.273. The number of carbonyl (C=O) groups is 4. The molecule has 0 aromatic heterocycles. The van der Waals surface area contributed by atoms with Crippen molar-refractivity contribution in [2.75, 3.05) is 23.7 Å². The van der Waals surface area contributed by atoms with Crippen LogP contribution in [0.3, 0.4) is 0 Å². The summed E-state index contributed by atoms with van der Waals surface area (Å²) in [7, 11) is 0. The topological polar surface area (TPSA) is 126 Å². The van der Waals surface area contributed by atoms with E-state index in [0.29, 0.717) is 16.9 Å². The van der Waals surface area contributed by atoms with Gasteiger partial charge in [-0.2, -0.15) is 0 Å². The summed E-state index contributed by atoms with van der Waals surface area (Å²) in [5, 5.41) is 10.2. The molecule has 0 radical (unpaired) electrons. The summed E-state index contributed by atoms with van der Waals surface area (Å²) in [6.07, 6.45) is -0.680. The highest BCUT2D eigenvalue weighted by molar-refractivity contribution is 5.99. The van der Waals surface area contributed by atoms with Crippen molar-refractivity contribution in [2.45, 2.75) is 26.4 Å². The summed E-state index contributed by atoms with van der Waals surface area (Å²) < 4.78 is 5.05. The van der Waals surface area contributed by atoms with Gasteiger partial charge < -0.3 is 26.0 Å². The molecule has 2 aromatic carbocycles. The molecule has 0 saturated carbocycles. The van der Waals surface area contributed by atoms with Gasteiger partial charge in [0.1, 0.15) is 12.1 Å². The van der Waals surface area contributed by atoms with Gasteiger partial charge in [-0.05, 0) is 57.2 Å². The number of nitrogens with one attached hydrogen (secondary N) is 4. The smallest absolute Gasteiger partial charge is 0.408 e. The molecule has 0 aliphatic rings. The molecular weight excluding hydrogens is 400 g/mol. The average Bonchev–Trinajstić information content (AvgIpc) is 2.71. The van der Waals surface area contributed by atoms with Crippen LogP contribution in [0.1, 0.15) is 31.1 Å². The van der Waals surface area contributed by atoms with Gasteiger partial charge >= 0.3 is 6.09 Å². The summed E-state index contributed by atoms with van der Waals surface area (Å²) in [6, 6.07) is 15.0. The first kappa shape index (κ1) is 23.4. The molecule has 9 heteroatoms. The van der Waals surface area contributed by atoms with Crippen LogP contribution in [0, 0.1) is 0 Å². The molecule has 0 spiro atoms. The zero-order valence-corrected chi connectivity index (χ0v) is 17.7. The first-order valence-corrected chi connectivity index (χ1v) is 9.62. The number of benzene rings is 2. The molecular formula is C22H26N4O5. The quantitative estimate of drug-likeness (QED) is 0.541. The van der Waals surface area contributed by atoms with Crippen molar-refractivity contribution >= 4 is 35.2 Å². The van der Waals surface area contributed by atoms with Gasteiger partial charge in [0.2, 0.25) is 11.8 Å². The molecule has 0 fully saturated rings. The minimum Gasteiger partial charge on any atom is -0.444 e. The normalized spacial score (nSPS) is 10.5. The lowest BCUT2D eigenvalue weighted by atomic mass is 10.2. The lowest BCUT2D eigenvalue weighted by molar-refractivity contribution is -0.116. The molecule has 0 unspecified atom stereocenters. The van der Waals surface area contributed by atoms with E-state index in [2.05, 4.69) is 21.3 Å². The second-order valence-corrected chi connectivity index (χ2v) is 7.58. The number of hydrogen-bond acceptors (Lipinski definition) is 5. The largest absolute Gasteiger partial charge is 0.444 e. The number of rotatable bonds is 7. The molecule has 0 aliphatic carbocycles. The Kier molecular flexibility index (Phi) is 8.13.